The van der Waals surface area contributed by atoms with Gasteiger partial charge in [0.05, 0.1) is 21.1 Å². The number of allylic oxidation sites excluding steroid dienone is 1. The number of rotatable bonds is 10. The number of aliphatic hydroxyl groups is 1. The van der Waals surface area contributed by atoms with Crippen molar-refractivity contribution in [3.05, 3.63) is 12.2 Å². The SMILES string of the molecule is CCC/C=C/CC(O)C(=O)OC(CC(=O)[O-])C[N+](C)(C)C. The Hall–Kier alpha value is -1.40. The number of nitrogens with zero attached hydrogens (tertiary/aromatic N) is 1. The Labute approximate surface area is 126 Å². The number of aliphatic hydroxyl groups excluding tert-OH is 1. The van der Waals surface area contributed by atoms with Gasteiger partial charge in [0.15, 0.2) is 12.2 Å². The molecule has 0 aromatic rings. The molecule has 0 radical (unpaired) electrons. The molecule has 0 aliphatic carbocycles. The van der Waals surface area contributed by atoms with Crippen LogP contribution in [0.15, 0.2) is 12.2 Å². The maximum atomic E-state index is 11.8. The first-order chi connectivity index (χ1) is 9.65. The summed E-state index contributed by atoms with van der Waals surface area (Å²) in [5, 5.41) is 20.4. The van der Waals surface area contributed by atoms with Crippen LogP contribution in [-0.4, -0.2) is 61.4 Å². The Morgan fingerprint density at radius 3 is 2.38 bits per heavy atom. The van der Waals surface area contributed by atoms with Crippen molar-refractivity contribution in [3.8, 4) is 0 Å². The molecule has 0 heterocycles. The zero-order valence-electron chi connectivity index (χ0n) is 13.4. The average molecular weight is 301 g/mol. The van der Waals surface area contributed by atoms with Crippen LogP contribution in [0.4, 0.5) is 0 Å². The number of unbranched alkanes of at least 4 members (excludes halogenated alkanes) is 1. The molecule has 21 heavy (non-hydrogen) atoms. The van der Waals surface area contributed by atoms with Crippen LogP contribution in [0.2, 0.25) is 0 Å². The van der Waals surface area contributed by atoms with Crippen molar-refractivity contribution >= 4 is 11.9 Å². The summed E-state index contributed by atoms with van der Waals surface area (Å²) in [6.45, 7) is 2.36. The monoisotopic (exact) mass is 301 g/mol. The van der Waals surface area contributed by atoms with E-state index in [4.69, 9.17) is 4.74 Å². The first-order valence-corrected chi connectivity index (χ1v) is 7.19. The fourth-order valence-electron chi connectivity index (χ4n) is 1.79. The lowest BCUT2D eigenvalue weighted by Crippen LogP contribution is -2.46. The number of aliphatic carboxylic acids is 1. The molecule has 1 N–H and O–H groups in total. The van der Waals surface area contributed by atoms with E-state index in [1.54, 1.807) is 6.08 Å². The van der Waals surface area contributed by atoms with Gasteiger partial charge in [0.25, 0.3) is 0 Å². The highest BCUT2D eigenvalue weighted by molar-refractivity contribution is 5.75. The normalized spacial score (nSPS) is 14.9. The molecule has 0 spiro atoms. The largest absolute Gasteiger partial charge is 0.550 e. The minimum atomic E-state index is -1.28. The predicted octanol–water partition coefficient (Wildman–Crippen LogP) is -0.148. The third-order valence-corrected chi connectivity index (χ3v) is 2.68. The van der Waals surface area contributed by atoms with E-state index in [0.29, 0.717) is 11.0 Å². The van der Waals surface area contributed by atoms with Crippen LogP contribution < -0.4 is 5.11 Å². The molecule has 122 valence electrons. The molecule has 0 aromatic heterocycles. The minimum absolute atomic E-state index is 0.168. The lowest BCUT2D eigenvalue weighted by atomic mass is 10.2. The zero-order valence-corrected chi connectivity index (χ0v) is 13.4. The lowest BCUT2D eigenvalue weighted by Gasteiger charge is -2.29. The van der Waals surface area contributed by atoms with Gasteiger partial charge in [-0.2, -0.15) is 0 Å². The Morgan fingerprint density at radius 1 is 1.29 bits per heavy atom. The van der Waals surface area contributed by atoms with Gasteiger partial charge in [-0.3, -0.25) is 0 Å². The third-order valence-electron chi connectivity index (χ3n) is 2.68. The van der Waals surface area contributed by atoms with Crippen molar-refractivity contribution in [1.82, 2.24) is 0 Å². The quantitative estimate of drug-likeness (QED) is 0.344. The van der Waals surface area contributed by atoms with Gasteiger partial charge < -0.3 is 24.2 Å². The van der Waals surface area contributed by atoms with Crippen molar-refractivity contribution in [1.29, 1.82) is 0 Å². The van der Waals surface area contributed by atoms with Crippen LogP contribution in [0.5, 0.6) is 0 Å². The second-order valence-electron chi connectivity index (χ2n) is 6.12. The number of hydrogen-bond donors (Lipinski definition) is 1. The number of carbonyl (C=O) groups excluding carboxylic acids is 2. The second-order valence-corrected chi connectivity index (χ2v) is 6.12. The number of carboxylic acids is 1. The molecule has 6 heteroatoms. The Balaban J connectivity index is 4.46. The van der Waals surface area contributed by atoms with Gasteiger partial charge in [0.1, 0.15) is 6.54 Å². The number of hydrogen-bond acceptors (Lipinski definition) is 5. The molecule has 2 atom stereocenters. The fourth-order valence-corrected chi connectivity index (χ4v) is 1.79. The molecule has 6 nitrogen and oxygen atoms in total. The fraction of sp³-hybridized carbons (Fsp3) is 0.733. The smallest absolute Gasteiger partial charge is 0.335 e. The Bertz CT molecular complexity index is 360. The second kappa shape index (κ2) is 9.52. The van der Waals surface area contributed by atoms with Gasteiger partial charge in [-0.25, -0.2) is 4.79 Å². The molecule has 0 amide bonds. The van der Waals surface area contributed by atoms with Gasteiger partial charge in [-0.1, -0.05) is 25.5 Å². The molecule has 0 fully saturated rings. The van der Waals surface area contributed by atoms with Gasteiger partial charge in [-0.05, 0) is 6.42 Å². The van der Waals surface area contributed by atoms with Crippen molar-refractivity contribution in [2.75, 3.05) is 27.7 Å². The number of carboxylic acid groups (broad SMARTS) is 1. The molecular formula is C15H27NO5. The van der Waals surface area contributed by atoms with Crippen molar-refractivity contribution in [2.45, 2.75) is 44.8 Å². The highest BCUT2D eigenvalue weighted by Crippen LogP contribution is 2.08. The zero-order chi connectivity index (χ0) is 16.5. The van der Waals surface area contributed by atoms with Gasteiger partial charge >= 0.3 is 5.97 Å². The summed E-state index contributed by atoms with van der Waals surface area (Å²) in [5.41, 5.74) is 0. The molecule has 0 saturated carbocycles. The van der Waals surface area contributed by atoms with E-state index in [9.17, 15) is 19.8 Å². The summed E-state index contributed by atoms with van der Waals surface area (Å²) in [6.07, 6.45) is 3.21. The summed E-state index contributed by atoms with van der Waals surface area (Å²) in [6, 6.07) is 0. The molecule has 0 bridgehead atoms. The summed E-state index contributed by atoms with van der Waals surface area (Å²) in [5.74, 6) is -2.07. The molecule has 0 aliphatic heterocycles. The first kappa shape index (κ1) is 19.6. The summed E-state index contributed by atoms with van der Waals surface area (Å²) in [7, 11) is 5.58. The minimum Gasteiger partial charge on any atom is -0.550 e. The topological polar surface area (TPSA) is 86.7 Å². The van der Waals surface area contributed by atoms with Gasteiger partial charge in [0.2, 0.25) is 0 Å². The van der Waals surface area contributed by atoms with E-state index in [2.05, 4.69) is 0 Å². The number of ether oxygens (including phenoxy) is 1. The van der Waals surface area contributed by atoms with E-state index >= 15 is 0 Å². The molecule has 2 unspecified atom stereocenters. The van der Waals surface area contributed by atoms with Crippen molar-refractivity contribution in [2.24, 2.45) is 0 Å². The van der Waals surface area contributed by atoms with Crippen LogP contribution in [-0.2, 0) is 14.3 Å². The van der Waals surface area contributed by atoms with Crippen LogP contribution in [0.1, 0.15) is 32.6 Å². The molecule has 0 aliphatic rings. The predicted molar refractivity (Wildman–Crippen MR) is 77.1 cm³/mol. The number of esters is 1. The molecule has 0 rings (SSSR count). The van der Waals surface area contributed by atoms with E-state index < -0.39 is 24.1 Å². The third kappa shape index (κ3) is 11.0. The Kier molecular flexibility index (Phi) is 8.89. The molecular weight excluding hydrogens is 274 g/mol. The van der Waals surface area contributed by atoms with E-state index in [0.717, 1.165) is 12.8 Å². The standard InChI is InChI=1S/C15H27NO5/c1-5-6-7-8-9-13(17)15(20)21-12(10-14(18)19)11-16(2,3)4/h7-8,12-13,17H,5-6,9-11H2,1-4H3/b8-7+. The summed E-state index contributed by atoms with van der Waals surface area (Å²) in [4.78, 5) is 22.5. The van der Waals surface area contributed by atoms with Gasteiger partial charge in [0, 0.05) is 18.8 Å². The highest BCUT2D eigenvalue weighted by atomic mass is 16.6. The van der Waals surface area contributed by atoms with Crippen LogP contribution in [0.3, 0.4) is 0 Å². The van der Waals surface area contributed by atoms with Crippen molar-refractivity contribution in [3.63, 3.8) is 0 Å². The maximum absolute atomic E-state index is 11.8. The van der Waals surface area contributed by atoms with Crippen LogP contribution in [0, 0.1) is 0 Å². The maximum Gasteiger partial charge on any atom is 0.335 e. The van der Waals surface area contributed by atoms with E-state index in [1.807, 2.05) is 34.1 Å². The van der Waals surface area contributed by atoms with Gasteiger partial charge in [-0.15, -0.1) is 0 Å². The van der Waals surface area contributed by atoms with E-state index in [1.165, 1.54) is 0 Å². The summed E-state index contributed by atoms with van der Waals surface area (Å²) >= 11 is 0. The highest BCUT2D eigenvalue weighted by Gasteiger charge is 2.25. The molecule has 0 aromatic carbocycles. The number of quaternary nitrogens is 1. The Morgan fingerprint density at radius 2 is 1.90 bits per heavy atom. The van der Waals surface area contributed by atoms with E-state index in [-0.39, 0.29) is 12.8 Å². The first-order valence-electron chi connectivity index (χ1n) is 7.19. The summed E-state index contributed by atoms with van der Waals surface area (Å²) < 4.78 is 5.54. The number of likely N-dealkylation sites (N-methyl/N-ethyl adjacent to an activating group) is 1. The molecule has 0 saturated heterocycles. The average Bonchev–Trinajstić information content (AvgIpc) is 2.31. The van der Waals surface area contributed by atoms with Crippen LogP contribution in [0.25, 0.3) is 0 Å². The van der Waals surface area contributed by atoms with Crippen LogP contribution >= 0.6 is 0 Å². The number of carbonyl (C=O) groups is 2. The van der Waals surface area contributed by atoms with Crippen molar-refractivity contribution < 1.29 is 29.0 Å². The lowest BCUT2D eigenvalue weighted by molar-refractivity contribution is -0.873.